The van der Waals surface area contributed by atoms with Gasteiger partial charge in [0.15, 0.2) is 0 Å². The standard InChI is InChI=1S/C16H23N3O2/c1-13-5-3-4-6-15(13)17-8-7-16(21)19-11-9-18(10-12-19)14(2)20/h3-6,17H,7-12H2,1-2H3. The van der Waals surface area contributed by atoms with E-state index < -0.39 is 0 Å². The molecule has 1 heterocycles. The third kappa shape index (κ3) is 4.21. The number of nitrogens with one attached hydrogen (secondary N) is 1. The molecule has 0 unspecified atom stereocenters. The highest BCUT2D eigenvalue weighted by Gasteiger charge is 2.21. The number of piperazine rings is 1. The first kappa shape index (κ1) is 15.4. The fourth-order valence-corrected chi connectivity index (χ4v) is 2.50. The SMILES string of the molecule is CC(=O)N1CCN(C(=O)CCNc2ccccc2C)CC1. The second-order valence-electron chi connectivity index (χ2n) is 5.38. The van der Waals surface area contributed by atoms with Gasteiger partial charge in [0.05, 0.1) is 0 Å². The van der Waals surface area contributed by atoms with Crippen LogP contribution in [0.2, 0.25) is 0 Å². The van der Waals surface area contributed by atoms with Gasteiger partial charge in [-0.3, -0.25) is 9.59 Å². The number of benzene rings is 1. The molecular formula is C16H23N3O2. The van der Waals surface area contributed by atoms with E-state index in [0.717, 1.165) is 5.69 Å². The summed E-state index contributed by atoms with van der Waals surface area (Å²) >= 11 is 0. The summed E-state index contributed by atoms with van der Waals surface area (Å²) in [5.41, 5.74) is 2.26. The van der Waals surface area contributed by atoms with E-state index in [0.29, 0.717) is 39.1 Å². The Balaban J connectivity index is 1.73. The molecule has 0 atom stereocenters. The van der Waals surface area contributed by atoms with Crippen molar-refractivity contribution in [2.75, 3.05) is 38.0 Å². The van der Waals surface area contributed by atoms with E-state index in [2.05, 4.69) is 5.32 Å². The van der Waals surface area contributed by atoms with Crippen LogP contribution in [0.5, 0.6) is 0 Å². The van der Waals surface area contributed by atoms with Crippen LogP contribution in [0.1, 0.15) is 18.9 Å². The van der Waals surface area contributed by atoms with Gasteiger partial charge in [0.1, 0.15) is 0 Å². The summed E-state index contributed by atoms with van der Waals surface area (Å²) in [7, 11) is 0. The van der Waals surface area contributed by atoms with Gasteiger partial charge in [0, 0.05) is 51.8 Å². The van der Waals surface area contributed by atoms with E-state index in [1.807, 2.05) is 36.1 Å². The normalized spacial score (nSPS) is 15.0. The predicted molar refractivity (Wildman–Crippen MR) is 83.1 cm³/mol. The third-order valence-electron chi connectivity index (χ3n) is 3.88. The van der Waals surface area contributed by atoms with E-state index in [-0.39, 0.29) is 11.8 Å². The van der Waals surface area contributed by atoms with Crippen molar-refractivity contribution in [1.82, 2.24) is 9.80 Å². The van der Waals surface area contributed by atoms with Gasteiger partial charge in [-0.05, 0) is 18.6 Å². The van der Waals surface area contributed by atoms with E-state index in [1.165, 1.54) is 5.56 Å². The number of hydrogen-bond acceptors (Lipinski definition) is 3. The van der Waals surface area contributed by atoms with Crippen molar-refractivity contribution in [3.8, 4) is 0 Å². The number of nitrogens with zero attached hydrogens (tertiary/aromatic N) is 2. The molecule has 0 aromatic heterocycles. The molecule has 0 saturated carbocycles. The molecule has 1 saturated heterocycles. The highest BCUT2D eigenvalue weighted by Crippen LogP contribution is 2.13. The largest absolute Gasteiger partial charge is 0.384 e. The average molecular weight is 289 g/mol. The third-order valence-corrected chi connectivity index (χ3v) is 3.88. The minimum absolute atomic E-state index is 0.0864. The van der Waals surface area contributed by atoms with Gasteiger partial charge in [0.25, 0.3) is 0 Å². The molecule has 5 nitrogen and oxygen atoms in total. The molecule has 2 amide bonds. The smallest absolute Gasteiger partial charge is 0.224 e. The zero-order chi connectivity index (χ0) is 15.2. The quantitative estimate of drug-likeness (QED) is 0.913. The molecule has 0 spiro atoms. The fourth-order valence-electron chi connectivity index (χ4n) is 2.50. The molecule has 21 heavy (non-hydrogen) atoms. The summed E-state index contributed by atoms with van der Waals surface area (Å²) in [4.78, 5) is 27.0. The summed E-state index contributed by atoms with van der Waals surface area (Å²) < 4.78 is 0. The average Bonchev–Trinajstić information content (AvgIpc) is 2.49. The Morgan fingerprint density at radius 1 is 1.10 bits per heavy atom. The van der Waals surface area contributed by atoms with Crippen LogP contribution in [-0.2, 0) is 9.59 Å². The van der Waals surface area contributed by atoms with E-state index in [4.69, 9.17) is 0 Å². The number of carbonyl (C=O) groups is 2. The number of anilines is 1. The molecule has 0 radical (unpaired) electrons. The van der Waals surface area contributed by atoms with Gasteiger partial charge >= 0.3 is 0 Å². The zero-order valence-electron chi connectivity index (χ0n) is 12.8. The van der Waals surface area contributed by atoms with Crippen molar-refractivity contribution in [2.24, 2.45) is 0 Å². The minimum Gasteiger partial charge on any atom is -0.384 e. The van der Waals surface area contributed by atoms with Gasteiger partial charge in [-0.2, -0.15) is 0 Å². The highest BCUT2D eigenvalue weighted by atomic mass is 16.2. The van der Waals surface area contributed by atoms with Gasteiger partial charge < -0.3 is 15.1 Å². The number of hydrogen-bond donors (Lipinski definition) is 1. The lowest BCUT2D eigenvalue weighted by Crippen LogP contribution is -2.50. The van der Waals surface area contributed by atoms with Gasteiger partial charge in [-0.25, -0.2) is 0 Å². The maximum absolute atomic E-state index is 12.1. The van der Waals surface area contributed by atoms with Crippen LogP contribution < -0.4 is 5.32 Å². The molecule has 2 rings (SSSR count). The molecule has 0 bridgehead atoms. The number of rotatable bonds is 4. The van der Waals surface area contributed by atoms with E-state index in [1.54, 1.807) is 11.8 Å². The lowest BCUT2D eigenvalue weighted by Gasteiger charge is -2.34. The molecule has 1 aromatic rings. The summed E-state index contributed by atoms with van der Waals surface area (Å²) in [5.74, 6) is 0.239. The number of amides is 2. The van der Waals surface area contributed by atoms with Crippen LogP contribution >= 0.6 is 0 Å². The summed E-state index contributed by atoms with van der Waals surface area (Å²) in [5, 5.41) is 3.30. The van der Waals surface area contributed by atoms with Gasteiger partial charge in [-0.1, -0.05) is 18.2 Å². The topological polar surface area (TPSA) is 52.7 Å². The van der Waals surface area contributed by atoms with Gasteiger partial charge in [0.2, 0.25) is 11.8 Å². The molecular weight excluding hydrogens is 266 g/mol. The number of para-hydroxylation sites is 1. The maximum Gasteiger partial charge on any atom is 0.224 e. The second-order valence-corrected chi connectivity index (χ2v) is 5.38. The number of carbonyl (C=O) groups excluding carboxylic acids is 2. The van der Waals surface area contributed by atoms with Crippen LogP contribution in [0, 0.1) is 6.92 Å². The highest BCUT2D eigenvalue weighted by molar-refractivity contribution is 5.78. The van der Waals surface area contributed by atoms with Crippen LogP contribution in [0.15, 0.2) is 24.3 Å². The zero-order valence-corrected chi connectivity index (χ0v) is 12.8. The molecule has 0 aliphatic carbocycles. The molecule has 1 aliphatic heterocycles. The first-order valence-corrected chi connectivity index (χ1v) is 7.40. The Morgan fingerprint density at radius 3 is 2.33 bits per heavy atom. The van der Waals surface area contributed by atoms with E-state index in [9.17, 15) is 9.59 Å². The molecule has 114 valence electrons. The Labute approximate surface area is 125 Å². The van der Waals surface area contributed by atoms with Crippen molar-refractivity contribution in [1.29, 1.82) is 0 Å². The minimum atomic E-state index is 0.0864. The summed E-state index contributed by atoms with van der Waals surface area (Å²) in [6.07, 6.45) is 0.481. The molecule has 1 N–H and O–H groups in total. The monoisotopic (exact) mass is 289 g/mol. The predicted octanol–water partition coefficient (Wildman–Crippen LogP) is 1.49. The van der Waals surface area contributed by atoms with Crippen molar-refractivity contribution in [3.05, 3.63) is 29.8 Å². The van der Waals surface area contributed by atoms with Crippen LogP contribution in [-0.4, -0.2) is 54.3 Å². The molecule has 1 aromatic carbocycles. The fraction of sp³-hybridized carbons (Fsp3) is 0.500. The number of aryl methyl sites for hydroxylation is 1. The second kappa shape index (κ2) is 7.11. The molecule has 1 fully saturated rings. The molecule has 1 aliphatic rings. The Bertz CT molecular complexity index is 508. The van der Waals surface area contributed by atoms with Crippen LogP contribution in [0.25, 0.3) is 0 Å². The Kier molecular flexibility index (Phi) is 5.20. The van der Waals surface area contributed by atoms with Crippen molar-refractivity contribution in [2.45, 2.75) is 20.3 Å². The lowest BCUT2D eigenvalue weighted by molar-refractivity contribution is -0.138. The maximum atomic E-state index is 12.1. The molecule has 5 heteroatoms. The van der Waals surface area contributed by atoms with Crippen molar-refractivity contribution < 1.29 is 9.59 Å². The summed E-state index contributed by atoms with van der Waals surface area (Å²) in [6.45, 7) is 6.83. The van der Waals surface area contributed by atoms with Crippen LogP contribution in [0.3, 0.4) is 0 Å². The van der Waals surface area contributed by atoms with E-state index >= 15 is 0 Å². The van der Waals surface area contributed by atoms with Crippen LogP contribution in [0.4, 0.5) is 5.69 Å². The Morgan fingerprint density at radius 2 is 1.71 bits per heavy atom. The van der Waals surface area contributed by atoms with Crippen molar-refractivity contribution >= 4 is 17.5 Å². The first-order chi connectivity index (χ1) is 10.1. The van der Waals surface area contributed by atoms with Gasteiger partial charge in [-0.15, -0.1) is 0 Å². The Hall–Kier alpha value is -2.04. The first-order valence-electron chi connectivity index (χ1n) is 7.40. The lowest BCUT2D eigenvalue weighted by atomic mass is 10.2. The van der Waals surface area contributed by atoms with Crippen molar-refractivity contribution in [3.63, 3.8) is 0 Å². The summed E-state index contributed by atoms with van der Waals surface area (Å²) in [6, 6.07) is 8.05.